The molecule has 0 unspecified atom stereocenters. The highest BCUT2D eigenvalue weighted by atomic mass is 35.5. The van der Waals surface area contributed by atoms with Crippen LogP contribution in [0, 0.1) is 0 Å². The van der Waals surface area contributed by atoms with E-state index in [0.29, 0.717) is 26.2 Å². The lowest BCUT2D eigenvalue weighted by Gasteiger charge is -2.16. The third-order valence-corrected chi connectivity index (χ3v) is 5.00. The quantitative estimate of drug-likeness (QED) is 0.705. The standard InChI is InChI=1S/C22H28N2O2.ClH/c23-21-17-24(16-20(21)19-10-5-2-6-11-19)22(25)12-7-14-26-15-13-18-8-3-1-4-9-18;/h1-6,8-11,20-21H,7,12-17,23H2;1H/t20-,21+;/m0./s1. The fourth-order valence-corrected chi connectivity index (χ4v) is 3.51. The van der Waals surface area contributed by atoms with Gasteiger partial charge in [-0.3, -0.25) is 4.79 Å². The lowest BCUT2D eigenvalue weighted by Crippen LogP contribution is -2.32. The maximum absolute atomic E-state index is 12.4. The van der Waals surface area contributed by atoms with E-state index in [1.165, 1.54) is 11.1 Å². The summed E-state index contributed by atoms with van der Waals surface area (Å²) < 4.78 is 5.67. The Morgan fingerprint density at radius 3 is 2.37 bits per heavy atom. The Labute approximate surface area is 168 Å². The molecule has 2 atom stereocenters. The molecule has 1 amide bonds. The SMILES string of the molecule is Cl.N[C@@H]1CN(C(=O)CCCOCCc2ccccc2)C[C@H]1c1ccccc1. The number of ether oxygens (including phenoxy) is 1. The highest BCUT2D eigenvalue weighted by molar-refractivity contribution is 5.85. The van der Waals surface area contributed by atoms with Crippen LogP contribution in [0.2, 0.25) is 0 Å². The molecule has 1 aliphatic rings. The van der Waals surface area contributed by atoms with Crippen LogP contribution in [0.1, 0.15) is 29.9 Å². The molecule has 1 heterocycles. The molecule has 146 valence electrons. The van der Waals surface area contributed by atoms with Crippen LogP contribution in [0.5, 0.6) is 0 Å². The fourth-order valence-electron chi connectivity index (χ4n) is 3.51. The van der Waals surface area contributed by atoms with Crippen molar-refractivity contribution < 1.29 is 9.53 Å². The van der Waals surface area contributed by atoms with Gasteiger partial charge in [0.15, 0.2) is 0 Å². The molecule has 0 saturated carbocycles. The molecule has 0 radical (unpaired) electrons. The minimum Gasteiger partial charge on any atom is -0.381 e. The number of halogens is 1. The first-order valence-electron chi connectivity index (χ1n) is 9.44. The number of benzene rings is 2. The molecular weight excluding hydrogens is 360 g/mol. The van der Waals surface area contributed by atoms with Gasteiger partial charge in [-0.15, -0.1) is 12.4 Å². The highest BCUT2D eigenvalue weighted by Crippen LogP contribution is 2.26. The second kappa shape index (κ2) is 11.1. The predicted octanol–water partition coefficient (Wildman–Crippen LogP) is 3.40. The number of likely N-dealkylation sites (tertiary alicyclic amines) is 1. The van der Waals surface area contributed by atoms with Crippen LogP contribution < -0.4 is 5.73 Å². The van der Waals surface area contributed by atoms with Gasteiger partial charge in [-0.25, -0.2) is 0 Å². The van der Waals surface area contributed by atoms with E-state index in [1.807, 2.05) is 41.3 Å². The van der Waals surface area contributed by atoms with Crippen molar-refractivity contribution in [1.29, 1.82) is 0 Å². The molecule has 2 aromatic rings. The van der Waals surface area contributed by atoms with Gasteiger partial charge in [0.25, 0.3) is 0 Å². The van der Waals surface area contributed by atoms with Crippen molar-refractivity contribution >= 4 is 18.3 Å². The maximum Gasteiger partial charge on any atom is 0.222 e. The molecule has 0 bridgehead atoms. The van der Waals surface area contributed by atoms with Crippen molar-refractivity contribution in [2.75, 3.05) is 26.3 Å². The molecule has 2 N–H and O–H groups in total. The van der Waals surface area contributed by atoms with E-state index >= 15 is 0 Å². The fraction of sp³-hybridized carbons (Fsp3) is 0.409. The van der Waals surface area contributed by atoms with E-state index in [1.54, 1.807) is 0 Å². The van der Waals surface area contributed by atoms with Gasteiger partial charge >= 0.3 is 0 Å². The number of nitrogens with two attached hydrogens (primary N) is 1. The van der Waals surface area contributed by atoms with Gasteiger partial charge in [0.05, 0.1) is 6.61 Å². The van der Waals surface area contributed by atoms with Gasteiger partial charge < -0.3 is 15.4 Å². The van der Waals surface area contributed by atoms with Gasteiger partial charge in [-0.1, -0.05) is 60.7 Å². The second-order valence-electron chi connectivity index (χ2n) is 6.93. The van der Waals surface area contributed by atoms with Gasteiger partial charge in [-0.05, 0) is 24.0 Å². The summed E-state index contributed by atoms with van der Waals surface area (Å²) in [6.07, 6.45) is 2.20. The predicted molar refractivity (Wildman–Crippen MR) is 111 cm³/mol. The topological polar surface area (TPSA) is 55.6 Å². The van der Waals surface area contributed by atoms with E-state index in [-0.39, 0.29) is 30.3 Å². The van der Waals surface area contributed by atoms with Crippen molar-refractivity contribution in [2.45, 2.75) is 31.2 Å². The first-order valence-corrected chi connectivity index (χ1v) is 9.44. The van der Waals surface area contributed by atoms with Crippen molar-refractivity contribution in [3.05, 3.63) is 71.8 Å². The van der Waals surface area contributed by atoms with E-state index in [2.05, 4.69) is 24.3 Å². The van der Waals surface area contributed by atoms with E-state index < -0.39 is 0 Å². The van der Waals surface area contributed by atoms with E-state index in [0.717, 1.165) is 19.4 Å². The van der Waals surface area contributed by atoms with Crippen molar-refractivity contribution in [3.63, 3.8) is 0 Å². The molecule has 1 aliphatic heterocycles. The lowest BCUT2D eigenvalue weighted by molar-refractivity contribution is -0.130. The number of amides is 1. The number of hydrogen-bond donors (Lipinski definition) is 1. The average Bonchev–Trinajstić information content (AvgIpc) is 3.08. The Bertz CT molecular complexity index is 681. The zero-order chi connectivity index (χ0) is 18.2. The number of hydrogen-bond acceptors (Lipinski definition) is 3. The Balaban J connectivity index is 0.00000261. The molecular formula is C22H29ClN2O2. The molecule has 1 saturated heterocycles. The second-order valence-corrected chi connectivity index (χ2v) is 6.93. The summed E-state index contributed by atoms with van der Waals surface area (Å²) in [5, 5.41) is 0. The average molecular weight is 389 g/mol. The smallest absolute Gasteiger partial charge is 0.222 e. The van der Waals surface area contributed by atoms with Gasteiger partial charge in [0, 0.05) is 38.1 Å². The number of carbonyl (C=O) groups excluding carboxylic acids is 1. The summed E-state index contributed by atoms with van der Waals surface area (Å²) in [4.78, 5) is 14.3. The van der Waals surface area contributed by atoms with Crippen LogP contribution in [0.25, 0.3) is 0 Å². The normalized spacial score (nSPS) is 18.9. The van der Waals surface area contributed by atoms with Crippen LogP contribution in [0.3, 0.4) is 0 Å². The van der Waals surface area contributed by atoms with Crippen LogP contribution in [-0.2, 0) is 16.0 Å². The first kappa shape index (κ1) is 21.4. The van der Waals surface area contributed by atoms with Crippen LogP contribution in [0.4, 0.5) is 0 Å². The summed E-state index contributed by atoms with van der Waals surface area (Å²) in [5.74, 6) is 0.424. The molecule has 1 fully saturated rings. The molecule has 0 spiro atoms. The van der Waals surface area contributed by atoms with Crippen molar-refractivity contribution in [3.8, 4) is 0 Å². The highest BCUT2D eigenvalue weighted by Gasteiger charge is 2.33. The minimum absolute atomic E-state index is 0. The summed E-state index contributed by atoms with van der Waals surface area (Å²) in [6, 6.07) is 20.6. The summed E-state index contributed by atoms with van der Waals surface area (Å²) >= 11 is 0. The van der Waals surface area contributed by atoms with Gasteiger partial charge in [0.2, 0.25) is 5.91 Å². The minimum atomic E-state index is 0. The molecule has 27 heavy (non-hydrogen) atoms. The van der Waals surface area contributed by atoms with Gasteiger partial charge in [-0.2, -0.15) is 0 Å². The third-order valence-electron chi connectivity index (χ3n) is 5.00. The summed E-state index contributed by atoms with van der Waals surface area (Å²) in [7, 11) is 0. The van der Waals surface area contributed by atoms with Crippen molar-refractivity contribution in [1.82, 2.24) is 4.90 Å². The summed E-state index contributed by atoms with van der Waals surface area (Å²) in [5.41, 5.74) is 8.77. The molecule has 5 heteroatoms. The zero-order valence-corrected chi connectivity index (χ0v) is 16.4. The largest absolute Gasteiger partial charge is 0.381 e. The molecule has 3 rings (SSSR count). The van der Waals surface area contributed by atoms with Crippen LogP contribution >= 0.6 is 12.4 Å². The monoisotopic (exact) mass is 388 g/mol. The maximum atomic E-state index is 12.4. The molecule has 0 aromatic heterocycles. The zero-order valence-electron chi connectivity index (χ0n) is 15.6. The number of nitrogens with zero attached hydrogens (tertiary/aromatic N) is 1. The number of carbonyl (C=O) groups is 1. The molecule has 2 aromatic carbocycles. The van der Waals surface area contributed by atoms with Crippen LogP contribution in [-0.4, -0.2) is 43.2 Å². The lowest BCUT2D eigenvalue weighted by atomic mass is 9.95. The Hall–Kier alpha value is -1.88. The summed E-state index contributed by atoms with van der Waals surface area (Å²) in [6.45, 7) is 2.69. The molecule has 4 nitrogen and oxygen atoms in total. The van der Waals surface area contributed by atoms with Gasteiger partial charge in [0.1, 0.15) is 0 Å². The van der Waals surface area contributed by atoms with Crippen molar-refractivity contribution in [2.24, 2.45) is 5.73 Å². The number of rotatable bonds is 8. The first-order chi connectivity index (χ1) is 12.7. The van der Waals surface area contributed by atoms with E-state index in [4.69, 9.17) is 10.5 Å². The Morgan fingerprint density at radius 1 is 1.00 bits per heavy atom. The Morgan fingerprint density at radius 2 is 1.67 bits per heavy atom. The van der Waals surface area contributed by atoms with E-state index in [9.17, 15) is 4.79 Å². The van der Waals surface area contributed by atoms with Crippen LogP contribution in [0.15, 0.2) is 60.7 Å². The molecule has 0 aliphatic carbocycles. The third kappa shape index (κ3) is 6.35. The Kier molecular flexibility index (Phi) is 8.79.